The van der Waals surface area contributed by atoms with Crippen molar-refractivity contribution in [2.24, 2.45) is 5.73 Å². The van der Waals surface area contributed by atoms with Crippen molar-refractivity contribution >= 4 is 5.91 Å². The van der Waals surface area contributed by atoms with Crippen molar-refractivity contribution in [3.8, 4) is 0 Å². The van der Waals surface area contributed by atoms with Gasteiger partial charge in [0.2, 0.25) is 0 Å². The quantitative estimate of drug-likeness (QED) is 0.877. The zero-order chi connectivity index (χ0) is 14.0. The molecule has 0 saturated carbocycles. The maximum Gasteiger partial charge on any atom is 0.254 e. The van der Waals surface area contributed by atoms with E-state index >= 15 is 0 Å². The van der Waals surface area contributed by atoms with E-state index in [4.69, 9.17) is 10.5 Å². The Morgan fingerprint density at radius 3 is 2.84 bits per heavy atom. The zero-order valence-electron chi connectivity index (χ0n) is 10.6. The van der Waals surface area contributed by atoms with Gasteiger partial charge in [-0.3, -0.25) is 4.79 Å². The van der Waals surface area contributed by atoms with Crippen LogP contribution in [0.1, 0.15) is 17.3 Å². The molecule has 1 aromatic carbocycles. The standard InChI is InChI=1S/C13H16F2N2O2/c1-8-7-19-10(5-16)6-17(8)13(18)9-2-3-11(14)12(15)4-9/h2-4,8,10H,5-7,16H2,1H3. The van der Waals surface area contributed by atoms with Gasteiger partial charge in [0.1, 0.15) is 0 Å². The van der Waals surface area contributed by atoms with Crippen LogP contribution >= 0.6 is 0 Å². The lowest BCUT2D eigenvalue weighted by molar-refractivity contribution is -0.0426. The molecule has 0 bridgehead atoms. The van der Waals surface area contributed by atoms with E-state index in [1.54, 1.807) is 4.90 Å². The summed E-state index contributed by atoms with van der Waals surface area (Å²) in [7, 11) is 0. The SMILES string of the molecule is CC1COC(CN)CN1C(=O)c1ccc(F)c(F)c1. The Kier molecular flexibility index (Phi) is 4.11. The van der Waals surface area contributed by atoms with E-state index in [2.05, 4.69) is 0 Å². The van der Waals surface area contributed by atoms with Crippen LogP contribution in [0.4, 0.5) is 8.78 Å². The Labute approximate surface area is 110 Å². The van der Waals surface area contributed by atoms with Crippen molar-refractivity contribution in [3.63, 3.8) is 0 Å². The molecule has 6 heteroatoms. The largest absolute Gasteiger partial charge is 0.373 e. The Balaban J connectivity index is 2.19. The number of hydrogen-bond donors (Lipinski definition) is 1. The molecular weight excluding hydrogens is 254 g/mol. The van der Waals surface area contributed by atoms with Crippen LogP contribution in [0, 0.1) is 11.6 Å². The third kappa shape index (κ3) is 2.90. The van der Waals surface area contributed by atoms with Crippen LogP contribution in [0.5, 0.6) is 0 Å². The first-order chi connectivity index (χ1) is 9.02. The van der Waals surface area contributed by atoms with E-state index in [0.29, 0.717) is 19.7 Å². The number of nitrogens with two attached hydrogens (primary N) is 1. The number of halogens is 2. The van der Waals surface area contributed by atoms with Gasteiger partial charge in [-0.25, -0.2) is 8.78 Å². The van der Waals surface area contributed by atoms with Crippen LogP contribution in [-0.2, 0) is 4.74 Å². The molecule has 1 aliphatic heterocycles. The smallest absolute Gasteiger partial charge is 0.254 e. The number of carbonyl (C=O) groups excluding carboxylic acids is 1. The third-order valence-corrected chi connectivity index (χ3v) is 3.20. The molecule has 1 saturated heterocycles. The summed E-state index contributed by atoms with van der Waals surface area (Å²) in [5.74, 6) is -2.33. The topological polar surface area (TPSA) is 55.6 Å². The van der Waals surface area contributed by atoms with Gasteiger partial charge in [-0.2, -0.15) is 0 Å². The van der Waals surface area contributed by atoms with Gasteiger partial charge >= 0.3 is 0 Å². The van der Waals surface area contributed by atoms with E-state index in [-0.39, 0.29) is 23.6 Å². The van der Waals surface area contributed by atoms with Crippen LogP contribution in [0.2, 0.25) is 0 Å². The fourth-order valence-electron chi connectivity index (χ4n) is 2.04. The summed E-state index contributed by atoms with van der Waals surface area (Å²) in [6.07, 6.45) is -0.217. The molecule has 0 radical (unpaired) electrons. The van der Waals surface area contributed by atoms with Gasteiger partial charge in [-0.15, -0.1) is 0 Å². The second-order valence-electron chi connectivity index (χ2n) is 4.63. The van der Waals surface area contributed by atoms with Crippen molar-refractivity contribution in [1.82, 2.24) is 4.90 Å². The monoisotopic (exact) mass is 270 g/mol. The summed E-state index contributed by atoms with van der Waals surface area (Å²) in [4.78, 5) is 13.9. The third-order valence-electron chi connectivity index (χ3n) is 3.20. The minimum Gasteiger partial charge on any atom is -0.373 e. The number of nitrogens with zero attached hydrogens (tertiary/aromatic N) is 1. The van der Waals surface area contributed by atoms with Crippen LogP contribution in [0.3, 0.4) is 0 Å². The number of rotatable bonds is 2. The molecule has 1 amide bonds. The van der Waals surface area contributed by atoms with Gasteiger partial charge in [0, 0.05) is 18.7 Å². The number of amides is 1. The summed E-state index contributed by atoms with van der Waals surface area (Å²) >= 11 is 0. The molecule has 2 atom stereocenters. The van der Waals surface area contributed by atoms with Crippen LogP contribution < -0.4 is 5.73 Å². The average Bonchev–Trinajstić information content (AvgIpc) is 2.41. The van der Waals surface area contributed by atoms with Crippen LogP contribution in [0.25, 0.3) is 0 Å². The molecule has 1 aromatic rings. The fourth-order valence-corrected chi connectivity index (χ4v) is 2.04. The molecule has 1 fully saturated rings. The molecule has 0 aromatic heterocycles. The zero-order valence-corrected chi connectivity index (χ0v) is 10.6. The minimum atomic E-state index is -1.03. The van der Waals surface area contributed by atoms with Crippen LogP contribution in [0.15, 0.2) is 18.2 Å². The molecule has 2 rings (SSSR count). The highest BCUT2D eigenvalue weighted by atomic mass is 19.2. The lowest BCUT2D eigenvalue weighted by atomic mass is 10.1. The van der Waals surface area contributed by atoms with Gasteiger partial charge in [-0.1, -0.05) is 0 Å². The molecule has 4 nitrogen and oxygen atoms in total. The number of benzene rings is 1. The van der Waals surface area contributed by atoms with Crippen molar-refractivity contribution < 1.29 is 18.3 Å². The minimum absolute atomic E-state index is 0.122. The Hall–Kier alpha value is -1.53. The molecule has 2 N–H and O–H groups in total. The predicted molar refractivity (Wildman–Crippen MR) is 65.7 cm³/mol. The Morgan fingerprint density at radius 2 is 2.21 bits per heavy atom. The first kappa shape index (κ1) is 13.9. The van der Waals surface area contributed by atoms with E-state index in [1.807, 2.05) is 6.92 Å². The molecule has 1 aliphatic rings. The highest BCUT2D eigenvalue weighted by molar-refractivity contribution is 5.94. The predicted octanol–water partition coefficient (Wildman–Crippen LogP) is 1.15. The highest BCUT2D eigenvalue weighted by Crippen LogP contribution is 2.17. The van der Waals surface area contributed by atoms with Gasteiger partial charge in [-0.05, 0) is 25.1 Å². The van der Waals surface area contributed by atoms with Crippen LogP contribution in [-0.4, -0.2) is 42.6 Å². The Bertz CT molecular complexity index is 482. The number of carbonyl (C=O) groups is 1. The van der Waals surface area contributed by atoms with Gasteiger partial charge in [0.25, 0.3) is 5.91 Å². The summed E-state index contributed by atoms with van der Waals surface area (Å²) < 4.78 is 31.5. The van der Waals surface area contributed by atoms with E-state index in [0.717, 1.165) is 12.1 Å². The maximum atomic E-state index is 13.2. The van der Waals surface area contributed by atoms with Crippen molar-refractivity contribution in [2.45, 2.75) is 19.1 Å². The molecule has 104 valence electrons. The van der Waals surface area contributed by atoms with Gasteiger partial charge in [0.15, 0.2) is 11.6 Å². The molecule has 19 heavy (non-hydrogen) atoms. The molecule has 2 unspecified atom stereocenters. The average molecular weight is 270 g/mol. The second-order valence-corrected chi connectivity index (χ2v) is 4.63. The summed E-state index contributed by atoms with van der Waals surface area (Å²) in [6.45, 7) is 2.89. The van der Waals surface area contributed by atoms with Crippen molar-refractivity contribution in [1.29, 1.82) is 0 Å². The normalized spacial score (nSPS) is 23.5. The van der Waals surface area contributed by atoms with Gasteiger partial charge < -0.3 is 15.4 Å². The van der Waals surface area contributed by atoms with E-state index < -0.39 is 11.6 Å². The summed E-state index contributed by atoms with van der Waals surface area (Å²) in [6, 6.07) is 3.02. The number of morpholine rings is 1. The van der Waals surface area contributed by atoms with Gasteiger partial charge in [0.05, 0.1) is 18.8 Å². The second kappa shape index (κ2) is 5.63. The van der Waals surface area contributed by atoms with E-state index in [9.17, 15) is 13.6 Å². The molecular formula is C13H16F2N2O2. The first-order valence-corrected chi connectivity index (χ1v) is 6.10. The molecule has 1 heterocycles. The first-order valence-electron chi connectivity index (χ1n) is 6.10. The molecule has 0 spiro atoms. The summed E-state index contributed by atoms with van der Waals surface area (Å²) in [5, 5.41) is 0. The number of hydrogen-bond acceptors (Lipinski definition) is 3. The van der Waals surface area contributed by atoms with Crippen molar-refractivity contribution in [3.05, 3.63) is 35.4 Å². The lowest BCUT2D eigenvalue weighted by Gasteiger charge is -2.37. The van der Waals surface area contributed by atoms with E-state index in [1.165, 1.54) is 6.07 Å². The van der Waals surface area contributed by atoms with Crippen molar-refractivity contribution in [2.75, 3.05) is 19.7 Å². The maximum absolute atomic E-state index is 13.2. The molecule has 0 aliphatic carbocycles. The lowest BCUT2D eigenvalue weighted by Crippen LogP contribution is -2.52. The Morgan fingerprint density at radius 1 is 1.47 bits per heavy atom. The fraction of sp³-hybridized carbons (Fsp3) is 0.462. The highest BCUT2D eigenvalue weighted by Gasteiger charge is 2.29. The number of ether oxygens (including phenoxy) is 1. The summed E-state index contributed by atoms with van der Waals surface area (Å²) in [5.41, 5.74) is 5.65.